The van der Waals surface area contributed by atoms with Crippen molar-refractivity contribution in [2.24, 2.45) is 23.5 Å². The molecule has 0 bridgehead atoms. The highest BCUT2D eigenvalue weighted by molar-refractivity contribution is 6.14. The third-order valence-electron chi connectivity index (χ3n) is 8.69. The van der Waals surface area contributed by atoms with Crippen LogP contribution in [0.2, 0.25) is 0 Å². The van der Waals surface area contributed by atoms with Crippen molar-refractivity contribution in [3.8, 4) is 11.5 Å². The maximum absolute atomic E-state index is 14.2. The highest BCUT2D eigenvalue weighted by atomic mass is 16.5. The molecular formula is C32H37N3O5. The first-order valence-electron chi connectivity index (χ1n) is 13.6. The van der Waals surface area contributed by atoms with E-state index in [1.165, 1.54) is 0 Å². The van der Waals surface area contributed by atoms with Crippen molar-refractivity contribution in [2.45, 2.75) is 39.3 Å². The lowest BCUT2D eigenvalue weighted by Crippen LogP contribution is -2.39. The summed E-state index contributed by atoms with van der Waals surface area (Å²) < 4.78 is 5.31. The van der Waals surface area contributed by atoms with Gasteiger partial charge in [-0.3, -0.25) is 9.59 Å². The highest BCUT2D eigenvalue weighted by Crippen LogP contribution is 2.53. The number of benzene rings is 2. The van der Waals surface area contributed by atoms with E-state index in [0.29, 0.717) is 54.6 Å². The van der Waals surface area contributed by atoms with Gasteiger partial charge in [0.2, 0.25) is 0 Å². The summed E-state index contributed by atoms with van der Waals surface area (Å²) in [6, 6.07) is 9.74. The number of amides is 1. The van der Waals surface area contributed by atoms with Crippen molar-refractivity contribution in [1.82, 2.24) is 5.32 Å². The minimum atomic E-state index is -0.708. The summed E-state index contributed by atoms with van der Waals surface area (Å²) in [6.07, 6.45) is 1.61. The number of methoxy groups -OCH3 is 1. The number of carbonyl (C=O) groups excluding carboxylic acids is 2. The van der Waals surface area contributed by atoms with Gasteiger partial charge in [-0.25, -0.2) is 0 Å². The molecule has 0 aromatic heterocycles. The lowest BCUT2D eigenvalue weighted by atomic mass is 9.59. The van der Waals surface area contributed by atoms with Crippen LogP contribution in [0, 0.1) is 17.8 Å². The molecule has 210 valence electrons. The molecule has 1 amide bonds. The zero-order chi connectivity index (χ0) is 28.9. The molecule has 0 saturated heterocycles. The van der Waals surface area contributed by atoms with E-state index in [2.05, 4.69) is 11.9 Å². The van der Waals surface area contributed by atoms with Crippen molar-refractivity contribution < 1.29 is 24.5 Å². The molecule has 3 atom stereocenters. The van der Waals surface area contributed by atoms with E-state index in [4.69, 9.17) is 10.5 Å². The minimum Gasteiger partial charge on any atom is -0.511 e. The molecule has 3 unspecified atom stereocenters. The lowest BCUT2D eigenvalue weighted by Gasteiger charge is -2.44. The molecule has 5 rings (SSSR count). The zero-order valence-electron chi connectivity index (χ0n) is 23.5. The number of rotatable bonds is 7. The van der Waals surface area contributed by atoms with E-state index >= 15 is 0 Å². The Labute approximate surface area is 234 Å². The van der Waals surface area contributed by atoms with Gasteiger partial charge < -0.3 is 30.9 Å². The summed E-state index contributed by atoms with van der Waals surface area (Å²) in [5, 5.41) is 25.4. The number of carbonyl (C=O) groups is 2. The number of aliphatic hydroxyl groups is 1. The predicted octanol–water partition coefficient (Wildman–Crippen LogP) is 4.32. The molecule has 0 spiro atoms. The molecule has 2 aromatic carbocycles. The molecule has 0 radical (unpaired) electrons. The number of hydrogen-bond donors (Lipinski definition) is 4. The van der Waals surface area contributed by atoms with E-state index in [9.17, 15) is 19.8 Å². The second-order valence-electron chi connectivity index (χ2n) is 11.3. The quantitative estimate of drug-likeness (QED) is 0.410. The van der Waals surface area contributed by atoms with Crippen molar-refractivity contribution in [3.05, 3.63) is 87.2 Å². The highest BCUT2D eigenvalue weighted by Gasteiger charge is 2.46. The van der Waals surface area contributed by atoms with Gasteiger partial charge in [-0.1, -0.05) is 24.3 Å². The number of aliphatic hydroxyl groups excluding tert-OH is 1. The number of nitrogens with zero attached hydrogens (tertiary/aromatic N) is 1. The second kappa shape index (κ2) is 10.5. The Morgan fingerprint density at radius 2 is 1.95 bits per heavy atom. The van der Waals surface area contributed by atoms with Crippen molar-refractivity contribution in [3.63, 3.8) is 0 Å². The maximum atomic E-state index is 14.2. The van der Waals surface area contributed by atoms with E-state index in [0.717, 1.165) is 28.1 Å². The SMILES string of the molecule is C=C1C(C(N)=O)=C(O)CC2CC3Cc4c(N(C)C)cc(CNCc5cccc(OC)c5)c(O)c4C(=O)C3=C(C)C12. The maximum Gasteiger partial charge on any atom is 0.252 e. The van der Waals surface area contributed by atoms with Gasteiger partial charge >= 0.3 is 0 Å². The van der Waals surface area contributed by atoms with E-state index in [1.807, 2.05) is 56.3 Å². The van der Waals surface area contributed by atoms with Crippen LogP contribution < -0.4 is 20.7 Å². The Morgan fingerprint density at radius 3 is 2.62 bits per heavy atom. The van der Waals surface area contributed by atoms with Gasteiger partial charge in [-0.2, -0.15) is 0 Å². The van der Waals surface area contributed by atoms with Gasteiger partial charge in [0.25, 0.3) is 5.91 Å². The summed E-state index contributed by atoms with van der Waals surface area (Å²) in [5.41, 5.74) is 11.4. The van der Waals surface area contributed by atoms with Gasteiger partial charge in [0.05, 0.1) is 18.2 Å². The fraction of sp³-hybridized carbons (Fsp3) is 0.375. The van der Waals surface area contributed by atoms with Gasteiger partial charge in [0.15, 0.2) is 5.78 Å². The Hall–Kier alpha value is -4.04. The number of hydrogen-bond acceptors (Lipinski definition) is 7. The first-order valence-corrected chi connectivity index (χ1v) is 13.6. The van der Waals surface area contributed by atoms with Crippen LogP contribution in [0.25, 0.3) is 0 Å². The molecule has 8 nitrogen and oxygen atoms in total. The van der Waals surface area contributed by atoms with Gasteiger partial charge in [0.1, 0.15) is 17.3 Å². The molecule has 0 fully saturated rings. The molecule has 5 N–H and O–H groups in total. The van der Waals surface area contributed by atoms with E-state index in [1.54, 1.807) is 7.11 Å². The molecule has 40 heavy (non-hydrogen) atoms. The largest absolute Gasteiger partial charge is 0.511 e. The van der Waals surface area contributed by atoms with Crippen LogP contribution in [0.15, 0.2) is 65.0 Å². The molecule has 0 saturated carbocycles. The molecule has 3 aliphatic rings. The number of aromatic hydroxyl groups is 1. The average Bonchev–Trinajstić information content (AvgIpc) is 2.89. The van der Waals surface area contributed by atoms with Crippen molar-refractivity contribution in [2.75, 3.05) is 26.1 Å². The molecule has 2 aromatic rings. The van der Waals surface area contributed by atoms with Gasteiger partial charge in [-0.05, 0) is 66.5 Å². The standard InChI is InChI=1S/C32H37N3O5/c1-16-26-17(2)28(32(33)39)25(36)13-20(26)10-19-11-23-24(35(3)4)12-21(30(37)29(23)31(38)27(16)19)15-34-14-18-7-6-8-22(9-18)40-5/h6-9,12,19-20,26,34,36-37H,2,10-11,13-15H2,1,3-5H3,(H2,33,39). The number of nitrogens with two attached hydrogens (primary N) is 1. The monoisotopic (exact) mass is 543 g/mol. The van der Waals surface area contributed by atoms with Crippen molar-refractivity contribution in [1.29, 1.82) is 0 Å². The topological polar surface area (TPSA) is 125 Å². The Morgan fingerprint density at radius 1 is 1.20 bits per heavy atom. The third-order valence-corrected chi connectivity index (χ3v) is 8.69. The summed E-state index contributed by atoms with van der Waals surface area (Å²) >= 11 is 0. The van der Waals surface area contributed by atoms with Gasteiger partial charge in [0, 0.05) is 56.3 Å². The number of phenols is 1. The minimum absolute atomic E-state index is 0.00227. The molecular weight excluding hydrogens is 506 g/mol. The first-order chi connectivity index (χ1) is 19.0. The first kappa shape index (κ1) is 27.5. The van der Waals surface area contributed by atoms with E-state index < -0.39 is 5.91 Å². The fourth-order valence-corrected chi connectivity index (χ4v) is 6.99. The lowest BCUT2D eigenvalue weighted by molar-refractivity contribution is -0.114. The molecule has 0 heterocycles. The summed E-state index contributed by atoms with van der Waals surface area (Å²) in [4.78, 5) is 28.2. The van der Waals surface area contributed by atoms with Crippen LogP contribution in [0.3, 0.4) is 0 Å². The third kappa shape index (κ3) is 4.56. The average molecular weight is 544 g/mol. The second-order valence-corrected chi connectivity index (χ2v) is 11.3. The summed E-state index contributed by atoms with van der Waals surface area (Å²) in [6.45, 7) is 6.97. The predicted molar refractivity (Wildman–Crippen MR) is 154 cm³/mol. The number of ether oxygens (including phenoxy) is 1. The number of nitrogens with one attached hydrogen (secondary N) is 1. The smallest absolute Gasteiger partial charge is 0.252 e. The molecule has 0 aliphatic heterocycles. The fourth-order valence-electron chi connectivity index (χ4n) is 6.99. The number of Topliss-reactive ketones (excluding diaryl/α,β-unsaturated/α-hetero) is 1. The van der Waals surface area contributed by atoms with Crippen LogP contribution in [-0.2, 0) is 24.3 Å². The van der Waals surface area contributed by atoms with Crippen LogP contribution in [-0.4, -0.2) is 43.1 Å². The van der Waals surface area contributed by atoms with Crippen LogP contribution >= 0.6 is 0 Å². The Bertz CT molecular complexity index is 1490. The molecule has 3 aliphatic carbocycles. The van der Waals surface area contributed by atoms with Gasteiger partial charge in [-0.15, -0.1) is 0 Å². The Balaban J connectivity index is 1.51. The van der Waals surface area contributed by atoms with Crippen molar-refractivity contribution >= 4 is 17.4 Å². The molecule has 8 heteroatoms. The number of allylic oxidation sites excluding steroid dienone is 3. The number of fused-ring (bicyclic) bond motifs is 3. The van der Waals surface area contributed by atoms with E-state index in [-0.39, 0.29) is 40.6 Å². The normalized spacial score (nSPS) is 22.1. The zero-order valence-corrected chi connectivity index (χ0v) is 23.5. The Kier molecular flexibility index (Phi) is 7.23. The number of primary amides is 1. The number of anilines is 1. The van der Waals surface area contributed by atoms with Crippen LogP contribution in [0.4, 0.5) is 5.69 Å². The summed E-state index contributed by atoms with van der Waals surface area (Å²) in [7, 11) is 5.52. The number of phenolic OH excluding ortho intramolecular Hbond substituents is 1. The summed E-state index contributed by atoms with van der Waals surface area (Å²) in [5.74, 6) is -0.401. The van der Waals surface area contributed by atoms with Crippen LogP contribution in [0.1, 0.15) is 46.8 Å². The number of ketones is 1. The van der Waals surface area contributed by atoms with Crippen LogP contribution in [0.5, 0.6) is 11.5 Å².